The Labute approximate surface area is 106 Å². The lowest BCUT2D eigenvalue weighted by atomic mass is 10.1. The van der Waals surface area contributed by atoms with Crippen molar-refractivity contribution in [3.63, 3.8) is 0 Å². The molecule has 0 aliphatic heterocycles. The molecule has 6 heteroatoms. The zero-order valence-electron chi connectivity index (χ0n) is 9.77. The Kier molecular flexibility index (Phi) is 7.87. The molecule has 0 spiro atoms. The number of nitrogens with one attached hydrogen (secondary N) is 1. The lowest BCUT2D eigenvalue weighted by molar-refractivity contribution is -0.119. The fraction of sp³-hybridized carbons (Fsp3) is 0.800. The number of aliphatic hydroxyl groups is 1. The molecular formula is C10H19NO3S2. The van der Waals surface area contributed by atoms with Crippen LogP contribution in [0.15, 0.2) is 0 Å². The first-order valence-corrected chi connectivity index (χ1v) is 6.59. The minimum Gasteiger partial charge on any atom is -0.392 e. The molecule has 0 saturated carbocycles. The van der Waals surface area contributed by atoms with E-state index in [1.165, 1.54) is 6.92 Å². The number of carbonyl (C=O) groups excluding carboxylic acids is 2. The van der Waals surface area contributed by atoms with Gasteiger partial charge in [0.15, 0.2) is 5.12 Å². The molecule has 16 heavy (non-hydrogen) atoms. The number of thioether (sulfide) groups is 1. The van der Waals surface area contributed by atoms with Crippen LogP contribution in [0.1, 0.15) is 27.2 Å². The van der Waals surface area contributed by atoms with Crippen LogP contribution < -0.4 is 5.32 Å². The Morgan fingerprint density at radius 2 is 2.06 bits per heavy atom. The highest BCUT2D eigenvalue weighted by Crippen LogP contribution is 2.22. The Morgan fingerprint density at radius 3 is 2.50 bits per heavy atom. The number of hydrogen-bond acceptors (Lipinski definition) is 5. The number of thiol groups is 1. The van der Waals surface area contributed by atoms with Crippen molar-refractivity contribution < 1.29 is 14.7 Å². The van der Waals surface area contributed by atoms with Crippen molar-refractivity contribution in [2.45, 2.75) is 37.9 Å². The van der Waals surface area contributed by atoms with Gasteiger partial charge in [0, 0.05) is 13.5 Å². The van der Waals surface area contributed by atoms with Crippen LogP contribution in [-0.4, -0.2) is 33.4 Å². The van der Waals surface area contributed by atoms with Crippen LogP contribution in [-0.2, 0) is 9.59 Å². The SMILES string of the molecule is CC[C@@H](O)[C@H](C)C(=O)SC(S)CNC(C)=O. The van der Waals surface area contributed by atoms with Gasteiger partial charge >= 0.3 is 0 Å². The van der Waals surface area contributed by atoms with Gasteiger partial charge in [-0.3, -0.25) is 9.59 Å². The van der Waals surface area contributed by atoms with Gasteiger partial charge in [0.2, 0.25) is 5.91 Å². The van der Waals surface area contributed by atoms with E-state index in [1.54, 1.807) is 6.92 Å². The predicted molar refractivity (Wildman–Crippen MR) is 69.5 cm³/mol. The molecule has 0 aliphatic rings. The lowest BCUT2D eigenvalue weighted by Crippen LogP contribution is -2.29. The van der Waals surface area contributed by atoms with Gasteiger partial charge in [-0.05, 0) is 6.42 Å². The van der Waals surface area contributed by atoms with E-state index in [0.29, 0.717) is 13.0 Å². The van der Waals surface area contributed by atoms with Gasteiger partial charge in [-0.2, -0.15) is 12.6 Å². The average Bonchev–Trinajstić information content (AvgIpc) is 2.24. The third-order valence-corrected chi connectivity index (χ3v) is 3.69. The largest absolute Gasteiger partial charge is 0.392 e. The normalized spacial score (nSPS) is 16.3. The smallest absolute Gasteiger partial charge is 0.216 e. The van der Waals surface area contributed by atoms with E-state index in [0.717, 1.165) is 11.8 Å². The molecule has 2 N–H and O–H groups in total. The van der Waals surface area contributed by atoms with Gasteiger partial charge in [-0.25, -0.2) is 0 Å². The van der Waals surface area contributed by atoms with Gasteiger partial charge in [-0.1, -0.05) is 25.6 Å². The summed E-state index contributed by atoms with van der Waals surface area (Å²) >= 11 is 5.23. The molecule has 0 rings (SSSR count). The van der Waals surface area contributed by atoms with Crippen LogP contribution in [0.25, 0.3) is 0 Å². The molecule has 94 valence electrons. The van der Waals surface area contributed by atoms with Crippen LogP contribution in [0.4, 0.5) is 0 Å². The van der Waals surface area contributed by atoms with Crippen LogP contribution in [0.2, 0.25) is 0 Å². The Morgan fingerprint density at radius 1 is 1.50 bits per heavy atom. The summed E-state index contributed by atoms with van der Waals surface area (Å²) in [6.45, 7) is 5.28. The molecule has 0 aromatic rings. The molecule has 4 nitrogen and oxygen atoms in total. The second kappa shape index (κ2) is 7.97. The topological polar surface area (TPSA) is 66.4 Å². The Balaban J connectivity index is 3.98. The molecule has 0 radical (unpaired) electrons. The zero-order chi connectivity index (χ0) is 12.7. The van der Waals surface area contributed by atoms with Gasteiger partial charge in [0.05, 0.1) is 16.6 Å². The molecule has 1 amide bonds. The summed E-state index contributed by atoms with van der Waals surface area (Å²) < 4.78 is -0.275. The molecule has 0 saturated heterocycles. The van der Waals surface area contributed by atoms with E-state index in [4.69, 9.17) is 0 Å². The van der Waals surface area contributed by atoms with E-state index >= 15 is 0 Å². The quantitative estimate of drug-likeness (QED) is 0.496. The molecule has 3 atom stereocenters. The fourth-order valence-electron chi connectivity index (χ4n) is 1.02. The standard InChI is InChI=1S/C10H19NO3S2/c1-4-8(13)6(2)10(14)16-9(15)5-11-7(3)12/h6,8-9,13,15H,4-5H2,1-3H3,(H,11,12)/t6-,8+,9?/m0/s1. The highest BCUT2D eigenvalue weighted by molar-refractivity contribution is 8.21. The summed E-state index contributed by atoms with van der Waals surface area (Å²) in [7, 11) is 0. The summed E-state index contributed by atoms with van der Waals surface area (Å²) in [5.74, 6) is -0.546. The predicted octanol–water partition coefficient (Wildman–Crippen LogP) is 1.05. The van der Waals surface area contributed by atoms with Crippen molar-refractivity contribution in [2.24, 2.45) is 5.92 Å². The van der Waals surface area contributed by atoms with Gasteiger partial charge in [0.25, 0.3) is 0 Å². The van der Waals surface area contributed by atoms with Crippen molar-refractivity contribution in [2.75, 3.05) is 6.54 Å². The second-order valence-electron chi connectivity index (χ2n) is 3.59. The summed E-state index contributed by atoms with van der Waals surface area (Å²) in [5.41, 5.74) is 0. The van der Waals surface area contributed by atoms with E-state index < -0.39 is 12.0 Å². The number of aliphatic hydroxyl groups excluding tert-OH is 1. The van der Waals surface area contributed by atoms with E-state index in [-0.39, 0.29) is 15.6 Å². The maximum Gasteiger partial charge on any atom is 0.216 e. The summed E-state index contributed by atoms with van der Waals surface area (Å²) in [6.07, 6.45) is -0.0579. The number of hydrogen-bond donors (Lipinski definition) is 3. The third kappa shape index (κ3) is 6.40. The number of carbonyl (C=O) groups is 2. The van der Waals surface area contributed by atoms with Gasteiger partial charge in [-0.15, -0.1) is 0 Å². The Hall–Kier alpha value is -0.200. The van der Waals surface area contributed by atoms with Crippen molar-refractivity contribution in [1.82, 2.24) is 5.32 Å². The molecule has 0 aromatic carbocycles. The third-order valence-electron chi connectivity index (χ3n) is 2.15. The first kappa shape index (κ1) is 15.8. The van der Waals surface area contributed by atoms with Gasteiger partial charge < -0.3 is 10.4 Å². The molecule has 0 aliphatic carbocycles. The van der Waals surface area contributed by atoms with Crippen molar-refractivity contribution in [3.8, 4) is 0 Å². The molecule has 0 heterocycles. The molecule has 1 unspecified atom stereocenters. The van der Waals surface area contributed by atoms with Crippen molar-refractivity contribution in [3.05, 3.63) is 0 Å². The first-order chi connectivity index (χ1) is 7.38. The van der Waals surface area contributed by atoms with Crippen molar-refractivity contribution >= 4 is 35.4 Å². The molecular weight excluding hydrogens is 246 g/mol. The highest BCUT2D eigenvalue weighted by atomic mass is 32.2. The van der Waals surface area contributed by atoms with E-state index in [1.807, 2.05) is 6.92 Å². The molecule has 0 fully saturated rings. The Bertz CT molecular complexity index is 248. The van der Waals surface area contributed by atoms with E-state index in [2.05, 4.69) is 17.9 Å². The first-order valence-electron chi connectivity index (χ1n) is 5.19. The monoisotopic (exact) mass is 265 g/mol. The second-order valence-corrected chi connectivity index (χ2v) is 5.77. The minimum absolute atomic E-state index is 0.0975. The lowest BCUT2D eigenvalue weighted by Gasteiger charge is -2.17. The molecule has 0 aromatic heterocycles. The van der Waals surface area contributed by atoms with Crippen LogP contribution >= 0.6 is 24.4 Å². The number of amides is 1. The average molecular weight is 265 g/mol. The van der Waals surface area contributed by atoms with Crippen LogP contribution in [0.3, 0.4) is 0 Å². The van der Waals surface area contributed by atoms with Crippen molar-refractivity contribution in [1.29, 1.82) is 0 Å². The zero-order valence-corrected chi connectivity index (χ0v) is 11.5. The van der Waals surface area contributed by atoms with E-state index in [9.17, 15) is 14.7 Å². The highest BCUT2D eigenvalue weighted by Gasteiger charge is 2.23. The number of rotatable bonds is 6. The molecule has 0 bridgehead atoms. The van der Waals surface area contributed by atoms with Crippen LogP contribution in [0, 0.1) is 5.92 Å². The van der Waals surface area contributed by atoms with Crippen LogP contribution in [0.5, 0.6) is 0 Å². The van der Waals surface area contributed by atoms with Gasteiger partial charge in [0.1, 0.15) is 0 Å². The fourth-order valence-corrected chi connectivity index (χ4v) is 2.23. The minimum atomic E-state index is -0.610. The summed E-state index contributed by atoms with van der Waals surface area (Å²) in [4.78, 5) is 22.3. The maximum atomic E-state index is 11.6. The maximum absolute atomic E-state index is 11.6. The summed E-state index contributed by atoms with van der Waals surface area (Å²) in [6, 6.07) is 0. The summed E-state index contributed by atoms with van der Waals surface area (Å²) in [5, 5.41) is 12.0.